The minimum absolute atomic E-state index is 0.0158. The highest BCUT2D eigenvalue weighted by atomic mass is 79.9. The van der Waals surface area contributed by atoms with Crippen LogP contribution in [0.3, 0.4) is 0 Å². The Kier molecular flexibility index (Phi) is 3.03. The summed E-state index contributed by atoms with van der Waals surface area (Å²) in [5.74, 6) is -0.0111. The second kappa shape index (κ2) is 4.21. The van der Waals surface area contributed by atoms with Crippen LogP contribution in [0.4, 0.5) is 18.9 Å². The Morgan fingerprint density at radius 3 is 2.76 bits per heavy atom. The summed E-state index contributed by atoms with van der Waals surface area (Å²) in [7, 11) is 0. The third-order valence-corrected chi connectivity index (χ3v) is 3.26. The number of anilines is 1. The third kappa shape index (κ3) is 2.54. The van der Waals surface area contributed by atoms with Gasteiger partial charge in [0.25, 0.3) is 5.91 Å². The Morgan fingerprint density at radius 2 is 2.12 bits per heavy atom. The van der Waals surface area contributed by atoms with Gasteiger partial charge in [0.2, 0.25) is 0 Å². The highest BCUT2D eigenvalue weighted by Gasteiger charge is 2.39. The van der Waals surface area contributed by atoms with Gasteiger partial charge in [0.05, 0.1) is 5.69 Å². The molecule has 1 atom stereocenters. The zero-order valence-electron chi connectivity index (χ0n) is 8.34. The minimum Gasteiger partial charge on any atom is -0.482 e. The fraction of sp³-hybridized carbons (Fsp3) is 0.300. The summed E-state index contributed by atoms with van der Waals surface area (Å²) < 4.78 is 42.5. The molecule has 1 unspecified atom stereocenters. The normalized spacial score (nSPS) is 16.8. The van der Waals surface area contributed by atoms with E-state index >= 15 is 0 Å². The van der Waals surface area contributed by atoms with Crippen LogP contribution in [0.5, 0.6) is 5.75 Å². The van der Waals surface area contributed by atoms with Gasteiger partial charge in [0, 0.05) is 0 Å². The number of amides is 1. The molecule has 1 aliphatic rings. The van der Waals surface area contributed by atoms with E-state index in [1.165, 1.54) is 18.2 Å². The first-order valence-corrected chi connectivity index (χ1v) is 5.57. The first-order valence-electron chi connectivity index (χ1n) is 4.65. The van der Waals surface area contributed by atoms with Gasteiger partial charge in [0.15, 0.2) is 6.61 Å². The highest BCUT2D eigenvalue weighted by Crippen LogP contribution is 2.42. The molecule has 0 bridgehead atoms. The van der Waals surface area contributed by atoms with E-state index in [2.05, 4.69) is 21.2 Å². The molecular weight excluding hydrogens is 303 g/mol. The first-order chi connectivity index (χ1) is 7.88. The lowest BCUT2D eigenvalue weighted by atomic mass is 10.1. The molecule has 0 saturated heterocycles. The average molecular weight is 310 g/mol. The van der Waals surface area contributed by atoms with Crippen molar-refractivity contribution in [3.05, 3.63) is 23.8 Å². The lowest BCUT2D eigenvalue weighted by Gasteiger charge is -2.20. The van der Waals surface area contributed by atoms with E-state index < -0.39 is 11.0 Å². The van der Waals surface area contributed by atoms with Gasteiger partial charge in [-0.15, -0.1) is 0 Å². The molecule has 0 spiro atoms. The smallest absolute Gasteiger partial charge is 0.405 e. The number of halogens is 4. The molecule has 0 aliphatic carbocycles. The summed E-state index contributed by atoms with van der Waals surface area (Å²) >= 11 is 2.57. The van der Waals surface area contributed by atoms with Crippen LogP contribution in [0.2, 0.25) is 0 Å². The summed E-state index contributed by atoms with van der Waals surface area (Å²) in [5.41, 5.74) is 0.273. The molecule has 1 amide bonds. The van der Waals surface area contributed by atoms with Crippen LogP contribution in [-0.4, -0.2) is 18.7 Å². The molecule has 1 aromatic carbocycles. The maximum absolute atomic E-state index is 12.5. The highest BCUT2D eigenvalue weighted by molar-refractivity contribution is 9.09. The number of carbonyl (C=O) groups excluding carboxylic acids is 1. The lowest BCUT2D eigenvalue weighted by molar-refractivity contribution is -0.128. The standard InChI is InChI=1S/C10H7BrF3NO2/c11-9(10(12,13)14)5-1-2-7-6(3-5)15-8(16)4-17-7/h1-3,9H,4H2,(H,15,16). The van der Waals surface area contributed by atoms with E-state index in [9.17, 15) is 18.0 Å². The van der Waals surface area contributed by atoms with Gasteiger partial charge >= 0.3 is 6.18 Å². The molecule has 0 fully saturated rings. The van der Waals surface area contributed by atoms with Crippen molar-refractivity contribution in [1.29, 1.82) is 0 Å². The fourth-order valence-corrected chi connectivity index (χ4v) is 1.73. The Balaban J connectivity index is 2.33. The number of benzene rings is 1. The van der Waals surface area contributed by atoms with Gasteiger partial charge in [-0.25, -0.2) is 0 Å². The fourth-order valence-electron chi connectivity index (χ4n) is 1.45. The van der Waals surface area contributed by atoms with Gasteiger partial charge < -0.3 is 10.1 Å². The van der Waals surface area contributed by atoms with Crippen molar-refractivity contribution in [3.8, 4) is 5.75 Å². The van der Waals surface area contributed by atoms with Crippen LogP contribution < -0.4 is 10.1 Å². The Morgan fingerprint density at radius 1 is 1.41 bits per heavy atom. The zero-order valence-corrected chi connectivity index (χ0v) is 9.93. The minimum atomic E-state index is -4.38. The molecule has 0 aromatic heterocycles. The largest absolute Gasteiger partial charge is 0.482 e. The van der Waals surface area contributed by atoms with Crippen LogP contribution in [0.25, 0.3) is 0 Å². The molecule has 0 saturated carbocycles. The predicted molar refractivity (Wildman–Crippen MR) is 58.3 cm³/mol. The van der Waals surface area contributed by atoms with E-state index in [1.54, 1.807) is 0 Å². The summed E-state index contributed by atoms with van der Waals surface area (Å²) in [6, 6.07) is 3.96. The predicted octanol–water partition coefficient (Wildman–Crippen LogP) is 3.02. The topological polar surface area (TPSA) is 38.3 Å². The van der Waals surface area contributed by atoms with Crippen molar-refractivity contribution in [3.63, 3.8) is 0 Å². The number of rotatable bonds is 1. The summed E-state index contributed by atoms with van der Waals surface area (Å²) in [6.45, 7) is -0.122. The Bertz CT molecular complexity index is 461. The van der Waals surface area contributed by atoms with E-state index in [-0.39, 0.29) is 23.8 Å². The Labute approximate surface area is 103 Å². The average Bonchev–Trinajstić information content (AvgIpc) is 2.25. The summed E-state index contributed by atoms with van der Waals surface area (Å²) in [5, 5.41) is 2.45. The van der Waals surface area contributed by atoms with Gasteiger partial charge in [-0.3, -0.25) is 4.79 Å². The quantitative estimate of drug-likeness (QED) is 0.810. The van der Waals surface area contributed by atoms with Crippen molar-refractivity contribution in [2.45, 2.75) is 11.0 Å². The molecule has 1 heterocycles. The van der Waals surface area contributed by atoms with Crippen molar-refractivity contribution in [2.75, 3.05) is 11.9 Å². The summed E-state index contributed by atoms with van der Waals surface area (Å²) in [6.07, 6.45) is -4.38. The number of nitrogens with one attached hydrogen (secondary N) is 1. The van der Waals surface area contributed by atoms with Crippen LogP contribution in [-0.2, 0) is 4.79 Å². The van der Waals surface area contributed by atoms with Crippen LogP contribution in [0.15, 0.2) is 18.2 Å². The van der Waals surface area contributed by atoms with Gasteiger partial charge in [-0.1, -0.05) is 22.0 Å². The lowest BCUT2D eigenvalue weighted by Crippen LogP contribution is -2.25. The number of ether oxygens (including phenoxy) is 1. The molecule has 1 aromatic rings. The van der Waals surface area contributed by atoms with Crippen molar-refractivity contribution < 1.29 is 22.7 Å². The van der Waals surface area contributed by atoms with Crippen molar-refractivity contribution in [1.82, 2.24) is 0 Å². The molecule has 1 aliphatic heterocycles. The molecular formula is C10H7BrF3NO2. The van der Waals surface area contributed by atoms with Gasteiger partial charge in [-0.2, -0.15) is 13.2 Å². The molecule has 17 heavy (non-hydrogen) atoms. The monoisotopic (exact) mass is 309 g/mol. The van der Waals surface area contributed by atoms with Crippen molar-refractivity contribution >= 4 is 27.5 Å². The number of hydrogen-bond donors (Lipinski definition) is 1. The maximum Gasteiger partial charge on any atom is 0.405 e. The number of alkyl halides is 4. The molecule has 1 N–H and O–H groups in total. The van der Waals surface area contributed by atoms with E-state index in [0.717, 1.165) is 0 Å². The molecule has 2 rings (SSSR count). The summed E-state index contributed by atoms with van der Waals surface area (Å²) in [4.78, 5) is 9.27. The number of carbonyl (C=O) groups is 1. The molecule has 92 valence electrons. The SMILES string of the molecule is O=C1COc2ccc(C(Br)C(F)(F)F)cc2N1. The first kappa shape index (κ1) is 12.2. The van der Waals surface area contributed by atoms with Crippen LogP contribution in [0.1, 0.15) is 10.4 Å². The maximum atomic E-state index is 12.5. The van der Waals surface area contributed by atoms with Crippen LogP contribution >= 0.6 is 15.9 Å². The van der Waals surface area contributed by atoms with E-state index in [0.29, 0.717) is 5.75 Å². The number of hydrogen-bond acceptors (Lipinski definition) is 2. The van der Waals surface area contributed by atoms with E-state index in [1.807, 2.05) is 0 Å². The van der Waals surface area contributed by atoms with Gasteiger partial charge in [-0.05, 0) is 17.7 Å². The van der Waals surface area contributed by atoms with Crippen molar-refractivity contribution in [2.24, 2.45) is 0 Å². The second-order valence-electron chi connectivity index (χ2n) is 3.50. The van der Waals surface area contributed by atoms with Gasteiger partial charge in [0.1, 0.15) is 10.6 Å². The van der Waals surface area contributed by atoms with E-state index in [4.69, 9.17) is 4.74 Å². The molecule has 0 radical (unpaired) electrons. The Hall–Kier alpha value is -1.24. The zero-order chi connectivity index (χ0) is 12.6. The van der Waals surface area contributed by atoms with Crippen LogP contribution in [0, 0.1) is 0 Å². The molecule has 3 nitrogen and oxygen atoms in total. The second-order valence-corrected chi connectivity index (χ2v) is 4.41. The third-order valence-electron chi connectivity index (χ3n) is 2.22. The number of fused-ring (bicyclic) bond motifs is 1. The molecule has 7 heteroatoms.